The molecule has 4 rings (SSSR count). The number of halogens is 1. The molecule has 1 aliphatic carbocycles. The van der Waals surface area contributed by atoms with Gasteiger partial charge in [0.1, 0.15) is 11.9 Å². The molecule has 3 aliphatic rings. The average molecular weight is 449 g/mol. The fourth-order valence-corrected chi connectivity index (χ4v) is 4.32. The highest BCUT2D eigenvalue weighted by Gasteiger charge is 2.27. The molecule has 1 aromatic carbocycles. The molecule has 6 heteroatoms. The van der Waals surface area contributed by atoms with Crippen LogP contribution in [0.3, 0.4) is 0 Å². The number of likely N-dealkylation sites (tertiary alicyclic amines) is 1. The molecule has 0 N–H and O–H groups in total. The lowest BCUT2D eigenvalue weighted by atomic mass is 10.1. The second-order valence-corrected chi connectivity index (χ2v) is 8.88. The number of rotatable bonds is 6. The number of hydrogen-bond donors (Lipinski definition) is 0. The fourth-order valence-electron chi connectivity index (χ4n) is 3.83. The zero-order valence-electron chi connectivity index (χ0n) is 16.3. The number of amides is 1. The van der Waals surface area contributed by atoms with Gasteiger partial charge in [-0.3, -0.25) is 4.79 Å². The van der Waals surface area contributed by atoms with Gasteiger partial charge in [0.05, 0.1) is 17.7 Å². The highest BCUT2D eigenvalue weighted by Crippen LogP contribution is 2.32. The standard InChI is InChI=1S/C22H29BrN2O3/c23-20-15-17(4-6-22(26)25-11-13-27-14-12-25)3-5-21(20)28-19-7-9-24(10-8-19)16-18-1-2-18/h3-6,15,18-19H,1-2,7-14,16H2. The van der Waals surface area contributed by atoms with E-state index >= 15 is 0 Å². The summed E-state index contributed by atoms with van der Waals surface area (Å²) < 4.78 is 12.5. The van der Waals surface area contributed by atoms with Crippen molar-refractivity contribution >= 4 is 27.9 Å². The molecule has 0 aromatic heterocycles. The van der Waals surface area contributed by atoms with E-state index in [0.717, 1.165) is 47.6 Å². The number of carbonyl (C=O) groups excluding carboxylic acids is 1. The lowest BCUT2D eigenvalue weighted by Gasteiger charge is -2.32. The smallest absolute Gasteiger partial charge is 0.246 e. The maximum atomic E-state index is 12.2. The summed E-state index contributed by atoms with van der Waals surface area (Å²) in [5.41, 5.74) is 0.986. The van der Waals surface area contributed by atoms with Crippen LogP contribution >= 0.6 is 15.9 Å². The van der Waals surface area contributed by atoms with E-state index in [1.165, 1.54) is 19.4 Å². The Hall–Kier alpha value is -1.37. The number of ether oxygens (including phenoxy) is 2. The second-order valence-electron chi connectivity index (χ2n) is 8.02. The van der Waals surface area contributed by atoms with E-state index in [-0.39, 0.29) is 12.0 Å². The third-order valence-electron chi connectivity index (χ3n) is 5.74. The van der Waals surface area contributed by atoms with Crippen molar-refractivity contribution in [3.05, 3.63) is 34.3 Å². The van der Waals surface area contributed by atoms with Crippen LogP contribution in [0.4, 0.5) is 0 Å². The molecule has 1 saturated carbocycles. The Morgan fingerprint density at radius 1 is 1.14 bits per heavy atom. The maximum absolute atomic E-state index is 12.2. The third kappa shape index (κ3) is 5.58. The monoisotopic (exact) mass is 448 g/mol. The Kier molecular flexibility index (Phi) is 6.70. The van der Waals surface area contributed by atoms with E-state index in [4.69, 9.17) is 9.47 Å². The van der Waals surface area contributed by atoms with Gasteiger partial charge >= 0.3 is 0 Å². The Morgan fingerprint density at radius 3 is 2.57 bits per heavy atom. The van der Waals surface area contributed by atoms with Crippen LogP contribution in [0.15, 0.2) is 28.7 Å². The minimum absolute atomic E-state index is 0.0395. The third-order valence-corrected chi connectivity index (χ3v) is 6.36. The molecular weight excluding hydrogens is 420 g/mol. The largest absolute Gasteiger partial charge is 0.489 e. The Morgan fingerprint density at radius 2 is 1.89 bits per heavy atom. The van der Waals surface area contributed by atoms with Gasteiger partial charge in [-0.05, 0) is 71.3 Å². The summed E-state index contributed by atoms with van der Waals surface area (Å²) in [4.78, 5) is 16.6. The van der Waals surface area contributed by atoms with Crippen molar-refractivity contribution < 1.29 is 14.3 Å². The van der Waals surface area contributed by atoms with Gasteiger partial charge in [0, 0.05) is 38.8 Å². The molecule has 5 nitrogen and oxygen atoms in total. The van der Waals surface area contributed by atoms with Crippen molar-refractivity contribution in [2.75, 3.05) is 45.9 Å². The predicted molar refractivity (Wildman–Crippen MR) is 113 cm³/mol. The average Bonchev–Trinajstić information content (AvgIpc) is 3.54. The van der Waals surface area contributed by atoms with Crippen LogP contribution in [0.5, 0.6) is 5.75 Å². The minimum Gasteiger partial charge on any atom is -0.489 e. The highest BCUT2D eigenvalue weighted by molar-refractivity contribution is 9.10. The summed E-state index contributed by atoms with van der Waals surface area (Å²) in [6.45, 7) is 6.14. The summed E-state index contributed by atoms with van der Waals surface area (Å²) in [7, 11) is 0. The van der Waals surface area contributed by atoms with Gasteiger partial charge in [0.15, 0.2) is 0 Å². The van der Waals surface area contributed by atoms with Crippen molar-refractivity contribution in [1.82, 2.24) is 9.80 Å². The molecular formula is C22H29BrN2O3. The van der Waals surface area contributed by atoms with Crippen LogP contribution in [-0.4, -0.2) is 67.7 Å². The van der Waals surface area contributed by atoms with Crippen LogP contribution in [0.25, 0.3) is 6.08 Å². The van der Waals surface area contributed by atoms with Crippen molar-refractivity contribution in [1.29, 1.82) is 0 Å². The van der Waals surface area contributed by atoms with E-state index in [9.17, 15) is 4.79 Å². The number of nitrogens with zero attached hydrogens (tertiary/aromatic N) is 2. The molecule has 3 fully saturated rings. The van der Waals surface area contributed by atoms with E-state index in [2.05, 4.69) is 20.8 Å². The number of morpholine rings is 1. The minimum atomic E-state index is 0.0395. The molecule has 0 unspecified atom stereocenters. The quantitative estimate of drug-likeness (QED) is 0.623. The van der Waals surface area contributed by atoms with Crippen LogP contribution in [0, 0.1) is 5.92 Å². The van der Waals surface area contributed by atoms with Crippen molar-refractivity contribution in [2.24, 2.45) is 5.92 Å². The molecule has 0 bridgehead atoms. The summed E-state index contributed by atoms with van der Waals surface area (Å²) in [6.07, 6.45) is 8.82. The Labute approximate surface area is 175 Å². The lowest BCUT2D eigenvalue weighted by molar-refractivity contribution is -0.129. The van der Waals surface area contributed by atoms with Gasteiger partial charge in [-0.1, -0.05) is 6.07 Å². The summed E-state index contributed by atoms with van der Waals surface area (Å²) >= 11 is 3.63. The molecule has 2 aliphatic heterocycles. The zero-order chi connectivity index (χ0) is 19.3. The zero-order valence-corrected chi connectivity index (χ0v) is 17.9. The van der Waals surface area contributed by atoms with Gasteiger partial charge in [0.25, 0.3) is 0 Å². The summed E-state index contributed by atoms with van der Waals surface area (Å²) in [6, 6.07) is 6.02. The molecule has 28 heavy (non-hydrogen) atoms. The topological polar surface area (TPSA) is 42.0 Å². The molecule has 1 amide bonds. The molecule has 2 saturated heterocycles. The van der Waals surface area contributed by atoms with Crippen LogP contribution in [0.1, 0.15) is 31.2 Å². The summed E-state index contributed by atoms with van der Waals surface area (Å²) in [5.74, 6) is 1.89. The lowest BCUT2D eigenvalue weighted by Crippen LogP contribution is -2.39. The van der Waals surface area contributed by atoms with E-state index in [1.807, 2.05) is 29.2 Å². The van der Waals surface area contributed by atoms with Crippen LogP contribution in [0.2, 0.25) is 0 Å². The van der Waals surface area contributed by atoms with Gasteiger partial charge < -0.3 is 19.3 Å². The number of hydrogen-bond acceptors (Lipinski definition) is 4. The van der Waals surface area contributed by atoms with Gasteiger partial charge in [0.2, 0.25) is 5.91 Å². The summed E-state index contributed by atoms with van der Waals surface area (Å²) in [5, 5.41) is 0. The van der Waals surface area contributed by atoms with Gasteiger partial charge in [-0.25, -0.2) is 0 Å². The first-order valence-electron chi connectivity index (χ1n) is 10.4. The van der Waals surface area contributed by atoms with E-state index < -0.39 is 0 Å². The number of carbonyl (C=O) groups is 1. The predicted octanol–water partition coefficient (Wildman–Crippen LogP) is 3.57. The van der Waals surface area contributed by atoms with Crippen molar-refractivity contribution in [3.8, 4) is 5.75 Å². The number of piperidine rings is 1. The molecule has 0 spiro atoms. The first kappa shape index (κ1) is 19.9. The normalized spacial score (nSPS) is 22.0. The first-order valence-corrected chi connectivity index (χ1v) is 11.2. The van der Waals surface area contributed by atoms with Crippen molar-refractivity contribution in [2.45, 2.75) is 31.8 Å². The Balaban J connectivity index is 1.28. The fraction of sp³-hybridized carbons (Fsp3) is 0.591. The highest BCUT2D eigenvalue weighted by atomic mass is 79.9. The van der Waals surface area contributed by atoms with E-state index in [1.54, 1.807) is 6.08 Å². The Bertz CT molecular complexity index is 706. The van der Waals surface area contributed by atoms with Gasteiger partial charge in [-0.15, -0.1) is 0 Å². The first-order chi connectivity index (χ1) is 13.7. The molecule has 2 heterocycles. The molecule has 0 atom stereocenters. The van der Waals surface area contributed by atoms with Crippen LogP contribution in [-0.2, 0) is 9.53 Å². The maximum Gasteiger partial charge on any atom is 0.246 e. The second kappa shape index (κ2) is 9.42. The van der Waals surface area contributed by atoms with Crippen LogP contribution < -0.4 is 4.74 Å². The van der Waals surface area contributed by atoms with E-state index in [0.29, 0.717) is 26.3 Å². The molecule has 0 radical (unpaired) electrons. The molecule has 152 valence electrons. The molecule has 1 aromatic rings. The SMILES string of the molecule is O=C(C=Cc1ccc(OC2CCN(CC3CC3)CC2)c(Br)c1)N1CCOCC1. The van der Waals surface area contributed by atoms with Gasteiger partial charge in [-0.2, -0.15) is 0 Å². The number of benzene rings is 1. The van der Waals surface area contributed by atoms with Crippen molar-refractivity contribution in [3.63, 3.8) is 0 Å².